The van der Waals surface area contributed by atoms with Crippen molar-refractivity contribution in [1.29, 1.82) is 0 Å². The number of piperidine rings is 1. The van der Waals surface area contributed by atoms with Gasteiger partial charge in [-0.2, -0.15) is 5.10 Å². The van der Waals surface area contributed by atoms with E-state index in [4.69, 9.17) is 23.5 Å². The van der Waals surface area contributed by atoms with Crippen molar-refractivity contribution in [2.75, 3.05) is 51.2 Å². The number of hydrogen-bond acceptors (Lipinski definition) is 11. The van der Waals surface area contributed by atoms with Crippen LogP contribution in [-0.4, -0.2) is 71.2 Å². The molecule has 2 fully saturated rings. The van der Waals surface area contributed by atoms with Gasteiger partial charge in [0, 0.05) is 43.3 Å². The maximum atomic E-state index is 15.1. The van der Waals surface area contributed by atoms with Crippen LogP contribution < -0.4 is 33.9 Å². The summed E-state index contributed by atoms with van der Waals surface area (Å²) in [4.78, 5) is -0.358. The van der Waals surface area contributed by atoms with E-state index >= 15 is 8.78 Å². The van der Waals surface area contributed by atoms with E-state index in [2.05, 4.69) is 26.0 Å². The number of halogens is 2. The number of ether oxygens (including phenoxy) is 4. The van der Waals surface area contributed by atoms with Gasteiger partial charge in [0.1, 0.15) is 23.0 Å². The molecule has 0 amide bonds. The van der Waals surface area contributed by atoms with Gasteiger partial charge in [-0.05, 0) is 54.3 Å². The van der Waals surface area contributed by atoms with Crippen molar-refractivity contribution in [3.63, 3.8) is 0 Å². The Balaban J connectivity index is 1.34. The number of alkyl halides is 2. The lowest BCUT2D eigenvalue weighted by atomic mass is 9.88. The molecule has 1 aliphatic carbocycles. The van der Waals surface area contributed by atoms with Crippen molar-refractivity contribution in [3.05, 3.63) is 71.4 Å². The Morgan fingerprint density at radius 1 is 0.961 bits per heavy atom. The summed E-state index contributed by atoms with van der Waals surface area (Å²) in [6.07, 6.45) is 1.87. The molecule has 1 saturated heterocycles. The van der Waals surface area contributed by atoms with Crippen LogP contribution in [0.2, 0.25) is 0 Å². The number of nitrogens with zero attached hydrogens (tertiary/aromatic N) is 3. The number of benzene rings is 3. The lowest BCUT2D eigenvalue weighted by molar-refractivity contribution is -0.0480. The molecule has 7 rings (SSSR count). The van der Waals surface area contributed by atoms with Gasteiger partial charge in [0.05, 0.1) is 52.0 Å². The Bertz CT molecular complexity index is 2130. The van der Waals surface area contributed by atoms with Crippen molar-refractivity contribution in [2.45, 2.75) is 48.5 Å². The molecule has 51 heavy (non-hydrogen) atoms. The topological polar surface area (TPSA) is 153 Å². The quantitative estimate of drug-likeness (QED) is 0.125. The largest absolute Gasteiger partial charge is 0.497 e. The third kappa shape index (κ3) is 6.60. The summed E-state index contributed by atoms with van der Waals surface area (Å²) in [7, 11) is 0.969. The molecular weight excluding hydrogens is 686 g/mol. The van der Waals surface area contributed by atoms with Gasteiger partial charge in [-0.1, -0.05) is 17.3 Å². The summed E-state index contributed by atoms with van der Waals surface area (Å²) in [5, 5.41) is 18.2. The second-order valence-corrected chi connectivity index (χ2v) is 14.3. The molecule has 1 aliphatic heterocycles. The van der Waals surface area contributed by atoms with E-state index < -0.39 is 21.9 Å². The van der Waals surface area contributed by atoms with E-state index in [1.807, 2.05) is 6.07 Å². The van der Waals surface area contributed by atoms with Crippen molar-refractivity contribution in [1.82, 2.24) is 20.7 Å². The average Bonchev–Trinajstić information content (AvgIpc) is 3.75. The van der Waals surface area contributed by atoms with Crippen molar-refractivity contribution in [3.8, 4) is 23.0 Å². The summed E-state index contributed by atoms with van der Waals surface area (Å²) in [5.41, 5.74) is 2.61. The van der Waals surface area contributed by atoms with Gasteiger partial charge in [0.25, 0.3) is 15.9 Å². The molecule has 1 unspecified atom stereocenters. The first-order chi connectivity index (χ1) is 24.6. The molecule has 13 nitrogen and oxygen atoms in total. The highest BCUT2D eigenvalue weighted by atomic mass is 32.2. The standard InChI is InChI=1S/C35H38F2N6O7S/c1-46-23-9-5-20(6-10-23)19-43(51(44,45)33-30(48-3)13-22(14-31(33)49-4)25-18-38-12-11-35(25,36)37)34-24-15-29(47-2)27(16-28(24)50-42-34)39-32-17-26(40-41-32)21-7-8-21/h5-6,9-10,13-17,21,25,38H,7-8,11-12,18-19H2,1-4H3,(H2,39,40,41). The normalized spacial score (nSPS) is 17.3. The molecule has 0 radical (unpaired) electrons. The Hall–Kier alpha value is -5.09. The molecule has 3 N–H and O–H groups in total. The third-order valence-corrected chi connectivity index (χ3v) is 11.1. The van der Waals surface area contributed by atoms with E-state index in [1.165, 1.54) is 40.6 Å². The van der Waals surface area contributed by atoms with Gasteiger partial charge in [-0.3, -0.25) is 5.10 Å². The number of aromatic nitrogens is 3. The maximum Gasteiger partial charge on any atom is 0.273 e. The summed E-state index contributed by atoms with van der Waals surface area (Å²) in [6.45, 7) is -0.0322. The van der Waals surface area contributed by atoms with Gasteiger partial charge < -0.3 is 34.1 Å². The molecule has 2 aliphatic rings. The number of nitrogens with one attached hydrogen (secondary N) is 3. The first-order valence-corrected chi connectivity index (χ1v) is 17.8. The first kappa shape index (κ1) is 34.4. The molecule has 3 aromatic carbocycles. The van der Waals surface area contributed by atoms with E-state index in [-0.39, 0.29) is 59.4 Å². The fourth-order valence-corrected chi connectivity index (χ4v) is 8.06. The number of fused-ring (bicyclic) bond motifs is 1. The highest BCUT2D eigenvalue weighted by Crippen LogP contribution is 2.46. The van der Waals surface area contributed by atoms with Gasteiger partial charge in [0.15, 0.2) is 22.1 Å². The number of sulfonamides is 1. The molecule has 3 heterocycles. The number of rotatable bonds is 13. The van der Waals surface area contributed by atoms with Crippen LogP contribution in [0.5, 0.6) is 23.0 Å². The van der Waals surface area contributed by atoms with Crippen molar-refractivity contribution >= 4 is 38.3 Å². The molecule has 0 bridgehead atoms. The SMILES string of the molecule is COc1ccc(CN(c2noc3cc(Nc4cc(C5CC5)[nH]n4)c(OC)cc23)S(=O)(=O)c2c(OC)cc(C3CNCCC3(F)F)cc2OC)cc1. The van der Waals surface area contributed by atoms with Crippen LogP contribution in [0.1, 0.15) is 47.9 Å². The number of hydrogen-bond donors (Lipinski definition) is 3. The van der Waals surface area contributed by atoms with Crippen LogP contribution in [0.3, 0.4) is 0 Å². The number of anilines is 3. The zero-order chi connectivity index (χ0) is 35.9. The summed E-state index contributed by atoms with van der Waals surface area (Å²) in [5.74, 6) is -2.58. The fraction of sp³-hybridized carbons (Fsp3) is 0.371. The Kier molecular flexibility index (Phi) is 9.14. The predicted octanol–water partition coefficient (Wildman–Crippen LogP) is 6.31. The van der Waals surface area contributed by atoms with Crippen molar-refractivity contribution in [2.24, 2.45) is 0 Å². The molecule has 1 saturated carbocycles. The smallest absolute Gasteiger partial charge is 0.273 e. The van der Waals surface area contributed by atoms with Crippen LogP contribution >= 0.6 is 0 Å². The highest BCUT2D eigenvalue weighted by molar-refractivity contribution is 7.93. The average molecular weight is 725 g/mol. The fourth-order valence-electron chi connectivity index (χ4n) is 6.36. The summed E-state index contributed by atoms with van der Waals surface area (Å²) in [6, 6.07) is 14.8. The number of aromatic amines is 1. The van der Waals surface area contributed by atoms with Crippen LogP contribution in [0.25, 0.3) is 11.0 Å². The lowest BCUT2D eigenvalue weighted by Crippen LogP contribution is -2.43. The maximum absolute atomic E-state index is 15.1. The minimum atomic E-state index is -4.61. The van der Waals surface area contributed by atoms with Gasteiger partial charge in [0.2, 0.25) is 0 Å². The van der Waals surface area contributed by atoms with Crippen LogP contribution in [0.15, 0.2) is 64.0 Å². The molecule has 5 aromatic rings. The minimum absolute atomic E-state index is 0.000431. The molecule has 1 atom stereocenters. The van der Waals surface area contributed by atoms with E-state index in [0.29, 0.717) is 39.9 Å². The van der Waals surface area contributed by atoms with Gasteiger partial charge in [-0.15, -0.1) is 0 Å². The zero-order valence-corrected chi connectivity index (χ0v) is 29.3. The van der Waals surface area contributed by atoms with Crippen molar-refractivity contribution < 1.29 is 40.7 Å². The van der Waals surface area contributed by atoms with E-state index in [9.17, 15) is 8.42 Å². The van der Waals surface area contributed by atoms with E-state index in [0.717, 1.165) is 22.8 Å². The first-order valence-electron chi connectivity index (χ1n) is 16.4. The predicted molar refractivity (Wildman–Crippen MR) is 185 cm³/mol. The third-order valence-electron chi connectivity index (χ3n) is 9.30. The minimum Gasteiger partial charge on any atom is -0.497 e. The Morgan fingerprint density at radius 3 is 2.29 bits per heavy atom. The molecule has 270 valence electrons. The van der Waals surface area contributed by atoms with E-state index in [1.54, 1.807) is 36.4 Å². The number of H-pyrrole nitrogens is 1. The van der Waals surface area contributed by atoms with Crippen LogP contribution in [-0.2, 0) is 16.6 Å². The Morgan fingerprint density at radius 2 is 1.67 bits per heavy atom. The monoisotopic (exact) mass is 724 g/mol. The second kappa shape index (κ2) is 13.6. The Labute approximate surface area is 293 Å². The zero-order valence-electron chi connectivity index (χ0n) is 28.5. The van der Waals surface area contributed by atoms with Crippen LogP contribution in [0.4, 0.5) is 26.1 Å². The highest BCUT2D eigenvalue weighted by Gasteiger charge is 2.44. The van der Waals surface area contributed by atoms with Crippen LogP contribution in [0, 0.1) is 0 Å². The number of methoxy groups -OCH3 is 4. The molecule has 16 heteroatoms. The van der Waals surface area contributed by atoms with Gasteiger partial charge >= 0.3 is 0 Å². The van der Waals surface area contributed by atoms with Gasteiger partial charge in [-0.25, -0.2) is 21.5 Å². The second-order valence-electron chi connectivity index (χ2n) is 12.5. The molecule has 2 aromatic heterocycles. The molecule has 0 spiro atoms. The summed E-state index contributed by atoms with van der Waals surface area (Å²) >= 11 is 0. The lowest BCUT2D eigenvalue weighted by Gasteiger charge is -2.33. The summed E-state index contributed by atoms with van der Waals surface area (Å²) < 4.78 is 89.0. The molecular formula is C35H38F2N6O7S.